The average Bonchev–Trinajstić information content (AvgIpc) is 2.88. The molecule has 1 aliphatic heterocycles. The lowest BCUT2D eigenvalue weighted by atomic mass is 10.1. The number of ether oxygens (including phenoxy) is 2. The Bertz CT molecular complexity index is 406. The molecule has 2 rings (SSSR count). The first-order valence-electron chi connectivity index (χ1n) is 5.60. The van der Waals surface area contributed by atoms with Crippen LogP contribution in [0, 0.1) is 5.92 Å². The predicted molar refractivity (Wildman–Crippen MR) is 64.1 cm³/mol. The van der Waals surface area contributed by atoms with Gasteiger partial charge in [0.2, 0.25) is 0 Å². The summed E-state index contributed by atoms with van der Waals surface area (Å²) in [6, 6.07) is 1.98. The molecule has 1 aliphatic rings. The summed E-state index contributed by atoms with van der Waals surface area (Å²) in [5.41, 5.74) is 0.979. The zero-order chi connectivity index (χ0) is 12.5. The normalized spacial score (nSPS) is 20.4. The van der Waals surface area contributed by atoms with Gasteiger partial charge in [0, 0.05) is 10.4 Å². The number of carbonyl (C=O) groups is 1. The van der Waals surface area contributed by atoms with Gasteiger partial charge in [-0.2, -0.15) is 0 Å². The molecule has 1 aromatic rings. The quantitative estimate of drug-likeness (QED) is 0.897. The number of thiophene rings is 1. The third kappa shape index (κ3) is 2.68. The highest BCUT2D eigenvalue weighted by atomic mass is 32.1. The van der Waals surface area contributed by atoms with Crippen LogP contribution in [-0.4, -0.2) is 24.3 Å². The van der Waals surface area contributed by atoms with Crippen molar-refractivity contribution >= 4 is 17.3 Å². The highest BCUT2D eigenvalue weighted by molar-refractivity contribution is 7.10. The Morgan fingerprint density at radius 3 is 2.82 bits per heavy atom. The van der Waals surface area contributed by atoms with Gasteiger partial charge in [0.1, 0.15) is 0 Å². The summed E-state index contributed by atoms with van der Waals surface area (Å²) in [7, 11) is 0. The maximum absolute atomic E-state index is 10.8. The fourth-order valence-corrected chi connectivity index (χ4v) is 2.90. The smallest absolute Gasteiger partial charge is 0.306 e. The van der Waals surface area contributed by atoms with Gasteiger partial charge in [0.25, 0.3) is 0 Å². The molecule has 2 heterocycles. The first-order chi connectivity index (χ1) is 8.01. The van der Waals surface area contributed by atoms with Crippen molar-refractivity contribution in [3.63, 3.8) is 0 Å². The first-order valence-corrected chi connectivity index (χ1v) is 6.48. The van der Waals surface area contributed by atoms with E-state index >= 15 is 0 Å². The van der Waals surface area contributed by atoms with Crippen LogP contribution in [0.4, 0.5) is 0 Å². The summed E-state index contributed by atoms with van der Waals surface area (Å²) >= 11 is 1.56. The van der Waals surface area contributed by atoms with E-state index in [-0.39, 0.29) is 5.92 Å². The van der Waals surface area contributed by atoms with Gasteiger partial charge in [-0.05, 0) is 24.8 Å². The SMILES string of the molecule is CC(Cc1cc(C2(C)OCCO2)cs1)C(=O)O. The van der Waals surface area contributed by atoms with Crippen molar-refractivity contribution in [2.45, 2.75) is 26.1 Å². The number of aliphatic carboxylic acids is 1. The molecule has 4 nitrogen and oxygen atoms in total. The van der Waals surface area contributed by atoms with Crippen molar-refractivity contribution in [3.8, 4) is 0 Å². The van der Waals surface area contributed by atoms with Gasteiger partial charge in [-0.1, -0.05) is 6.92 Å². The molecule has 0 aliphatic carbocycles. The first kappa shape index (κ1) is 12.5. The third-order valence-corrected chi connectivity index (χ3v) is 3.90. The summed E-state index contributed by atoms with van der Waals surface area (Å²) in [6.07, 6.45) is 0.552. The largest absolute Gasteiger partial charge is 0.481 e. The molecule has 1 unspecified atom stereocenters. The lowest BCUT2D eigenvalue weighted by Crippen LogP contribution is -2.21. The standard InChI is InChI=1S/C12H16O4S/c1-8(11(13)14)5-10-6-9(7-17-10)12(2)15-3-4-16-12/h6-8H,3-5H2,1-2H3,(H,13,14). The van der Waals surface area contributed by atoms with Gasteiger partial charge < -0.3 is 14.6 Å². The Morgan fingerprint density at radius 1 is 1.59 bits per heavy atom. The predicted octanol–water partition coefficient (Wildman–Crippen LogP) is 2.23. The van der Waals surface area contributed by atoms with Crippen LogP contribution in [0.25, 0.3) is 0 Å². The molecule has 1 atom stereocenters. The minimum Gasteiger partial charge on any atom is -0.481 e. The highest BCUT2D eigenvalue weighted by Crippen LogP contribution is 2.34. The van der Waals surface area contributed by atoms with E-state index in [4.69, 9.17) is 14.6 Å². The Hall–Kier alpha value is -0.910. The molecule has 1 saturated heterocycles. The van der Waals surface area contributed by atoms with Gasteiger partial charge in [0.05, 0.1) is 19.1 Å². The van der Waals surface area contributed by atoms with Crippen molar-refractivity contribution in [2.75, 3.05) is 13.2 Å². The Labute approximate surface area is 104 Å². The fraction of sp³-hybridized carbons (Fsp3) is 0.583. The molecule has 1 fully saturated rings. The zero-order valence-corrected chi connectivity index (χ0v) is 10.8. The second kappa shape index (κ2) is 4.76. The van der Waals surface area contributed by atoms with E-state index in [1.165, 1.54) is 0 Å². The van der Waals surface area contributed by atoms with Crippen molar-refractivity contribution in [2.24, 2.45) is 5.92 Å². The molecular weight excluding hydrogens is 240 g/mol. The van der Waals surface area contributed by atoms with Gasteiger partial charge >= 0.3 is 5.97 Å². The molecule has 0 spiro atoms. The number of hydrogen-bond acceptors (Lipinski definition) is 4. The van der Waals surface area contributed by atoms with Crippen molar-refractivity contribution in [1.82, 2.24) is 0 Å². The molecular formula is C12H16O4S. The lowest BCUT2D eigenvalue weighted by molar-refractivity contribution is -0.149. The van der Waals surface area contributed by atoms with Crippen LogP contribution >= 0.6 is 11.3 Å². The molecule has 94 valence electrons. The second-order valence-corrected chi connectivity index (χ2v) is 5.38. The van der Waals surface area contributed by atoms with Gasteiger partial charge in [-0.25, -0.2) is 0 Å². The summed E-state index contributed by atoms with van der Waals surface area (Å²) in [5.74, 6) is -1.78. The van der Waals surface area contributed by atoms with E-state index in [2.05, 4.69) is 0 Å². The summed E-state index contributed by atoms with van der Waals surface area (Å²) < 4.78 is 11.1. The van der Waals surface area contributed by atoms with E-state index in [0.717, 1.165) is 10.4 Å². The summed E-state index contributed by atoms with van der Waals surface area (Å²) in [6.45, 7) is 4.82. The number of carboxylic acid groups (broad SMARTS) is 1. The Kier molecular flexibility index (Phi) is 3.51. The average molecular weight is 256 g/mol. The van der Waals surface area contributed by atoms with Crippen LogP contribution in [0.5, 0.6) is 0 Å². The Balaban J connectivity index is 2.08. The lowest BCUT2D eigenvalue weighted by Gasteiger charge is -2.20. The van der Waals surface area contributed by atoms with Crippen LogP contribution < -0.4 is 0 Å². The molecule has 17 heavy (non-hydrogen) atoms. The summed E-state index contributed by atoms with van der Waals surface area (Å²) in [5, 5.41) is 10.8. The van der Waals surface area contributed by atoms with Crippen molar-refractivity contribution in [1.29, 1.82) is 0 Å². The number of hydrogen-bond donors (Lipinski definition) is 1. The van der Waals surface area contributed by atoms with Gasteiger partial charge in [0.15, 0.2) is 5.79 Å². The van der Waals surface area contributed by atoms with Crippen molar-refractivity contribution in [3.05, 3.63) is 21.9 Å². The molecule has 1 N–H and O–H groups in total. The van der Waals surface area contributed by atoms with Crippen LogP contribution in [0.15, 0.2) is 11.4 Å². The molecule has 0 saturated carbocycles. The molecule has 5 heteroatoms. The highest BCUT2D eigenvalue weighted by Gasteiger charge is 2.34. The van der Waals surface area contributed by atoms with Crippen molar-refractivity contribution < 1.29 is 19.4 Å². The molecule has 0 bridgehead atoms. The van der Waals surface area contributed by atoms with E-state index < -0.39 is 11.8 Å². The minimum absolute atomic E-state index is 0.361. The summed E-state index contributed by atoms with van der Waals surface area (Å²) in [4.78, 5) is 11.8. The second-order valence-electron chi connectivity index (χ2n) is 4.39. The van der Waals surface area contributed by atoms with Crippen LogP contribution in [0.1, 0.15) is 24.3 Å². The fourth-order valence-electron chi connectivity index (χ4n) is 1.80. The molecule has 0 aromatic carbocycles. The topological polar surface area (TPSA) is 55.8 Å². The zero-order valence-electron chi connectivity index (χ0n) is 9.93. The van der Waals surface area contributed by atoms with E-state index in [9.17, 15) is 4.79 Å². The van der Waals surface area contributed by atoms with Gasteiger partial charge in [-0.3, -0.25) is 4.79 Å². The molecule has 0 amide bonds. The number of carboxylic acids is 1. The molecule has 0 radical (unpaired) electrons. The van der Waals surface area contributed by atoms with E-state index in [0.29, 0.717) is 19.6 Å². The van der Waals surface area contributed by atoms with E-state index in [1.54, 1.807) is 18.3 Å². The van der Waals surface area contributed by atoms with Crippen LogP contribution in [0.2, 0.25) is 0 Å². The maximum atomic E-state index is 10.8. The third-order valence-electron chi connectivity index (χ3n) is 2.95. The monoisotopic (exact) mass is 256 g/mol. The maximum Gasteiger partial charge on any atom is 0.306 e. The minimum atomic E-state index is -0.764. The Morgan fingerprint density at radius 2 is 2.24 bits per heavy atom. The van der Waals surface area contributed by atoms with Crippen LogP contribution in [0.3, 0.4) is 0 Å². The van der Waals surface area contributed by atoms with E-state index in [1.807, 2.05) is 18.4 Å². The van der Waals surface area contributed by atoms with Gasteiger partial charge in [-0.15, -0.1) is 11.3 Å². The number of rotatable bonds is 4. The van der Waals surface area contributed by atoms with Crippen LogP contribution in [-0.2, 0) is 26.5 Å². The molecule has 1 aromatic heterocycles.